The third-order valence-electron chi connectivity index (χ3n) is 4.78. The molecule has 0 bridgehead atoms. The number of amides is 1. The number of anilines is 1. The van der Waals surface area contributed by atoms with E-state index in [-0.39, 0.29) is 5.91 Å². The summed E-state index contributed by atoms with van der Waals surface area (Å²) >= 11 is 0. The van der Waals surface area contributed by atoms with Gasteiger partial charge in [-0.2, -0.15) is 5.10 Å². The highest BCUT2D eigenvalue weighted by Gasteiger charge is 2.34. The second-order valence-corrected chi connectivity index (χ2v) is 5.57. The third kappa shape index (κ3) is 2.46. The van der Waals surface area contributed by atoms with Gasteiger partial charge in [-0.25, -0.2) is 0 Å². The van der Waals surface area contributed by atoms with Gasteiger partial charge >= 0.3 is 0 Å². The van der Waals surface area contributed by atoms with Crippen molar-refractivity contribution in [1.82, 2.24) is 14.7 Å². The van der Waals surface area contributed by atoms with Crippen molar-refractivity contribution < 1.29 is 4.79 Å². The summed E-state index contributed by atoms with van der Waals surface area (Å²) in [6, 6.07) is 0. The molecule has 0 aliphatic carbocycles. The lowest BCUT2D eigenvalue weighted by Gasteiger charge is -2.41. The van der Waals surface area contributed by atoms with Crippen molar-refractivity contribution in [3.05, 3.63) is 11.9 Å². The van der Waals surface area contributed by atoms with Crippen LogP contribution in [0.1, 0.15) is 50.0 Å². The smallest absolute Gasteiger partial charge is 0.274 e. The number of carbonyl (C=O) groups is 1. The first-order valence-electron chi connectivity index (χ1n) is 7.09. The average Bonchev–Trinajstić information content (AvgIpc) is 2.77. The molecule has 1 aromatic rings. The van der Waals surface area contributed by atoms with Gasteiger partial charge in [0.25, 0.3) is 5.91 Å². The van der Waals surface area contributed by atoms with E-state index in [2.05, 4.69) is 18.9 Å². The van der Waals surface area contributed by atoms with Crippen molar-refractivity contribution in [3.63, 3.8) is 0 Å². The van der Waals surface area contributed by atoms with Crippen LogP contribution in [-0.4, -0.2) is 33.7 Å². The Morgan fingerprint density at radius 3 is 2.37 bits per heavy atom. The van der Waals surface area contributed by atoms with Crippen molar-refractivity contribution in [2.24, 2.45) is 12.5 Å². The average molecular weight is 264 g/mol. The zero-order valence-corrected chi connectivity index (χ0v) is 12.1. The second kappa shape index (κ2) is 5.23. The van der Waals surface area contributed by atoms with Gasteiger partial charge in [-0.15, -0.1) is 0 Å². The number of hydrogen-bond donors (Lipinski definition) is 1. The van der Waals surface area contributed by atoms with Crippen LogP contribution in [-0.2, 0) is 7.05 Å². The number of nitrogens with two attached hydrogens (primary N) is 1. The maximum absolute atomic E-state index is 12.5. The first kappa shape index (κ1) is 13.9. The molecule has 1 fully saturated rings. The lowest BCUT2D eigenvalue weighted by molar-refractivity contribution is 0.0549. The van der Waals surface area contributed by atoms with Crippen LogP contribution in [0.3, 0.4) is 0 Å². The van der Waals surface area contributed by atoms with Crippen LogP contribution in [0.15, 0.2) is 6.20 Å². The monoisotopic (exact) mass is 264 g/mol. The van der Waals surface area contributed by atoms with Gasteiger partial charge in [0, 0.05) is 20.1 Å². The van der Waals surface area contributed by atoms with Crippen molar-refractivity contribution in [2.45, 2.75) is 39.5 Å². The van der Waals surface area contributed by atoms with E-state index in [1.165, 1.54) is 12.8 Å². The van der Waals surface area contributed by atoms with Crippen molar-refractivity contribution in [3.8, 4) is 0 Å². The van der Waals surface area contributed by atoms with Gasteiger partial charge in [0.1, 0.15) is 5.69 Å². The zero-order valence-electron chi connectivity index (χ0n) is 12.1. The Bertz CT molecular complexity index is 433. The van der Waals surface area contributed by atoms with E-state index in [9.17, 15) is 4.79 Å². The highest BCUT2D eigenvalue weighted by Crippen LogP contribution is 2.38. The maximum atomic E-state index is 12.5. The number of rotatable bonds is 3. The normalized spacial score (nSPS) is 18.6. The zero-order chi connectivity index (χ0) is 14.0. The molecule has 106 valence electrons. The van der Waals surface area contributed by atoms with Crippen LogP contribution < -0.4 is 5.73 Å². The van der Waals surface area contributed by atoms with Crippen LogP contribution in [0.5, 0.6) is 0 Å². The molecule has 1 aliphatic rings. The molecule has 19 heavy (non-hydrogen) atoms. The Morgan fingerprint density at radius 1 is 1.37 bits per heavy atom. The molecule has 0 saturated carbocycles. The first-order valence-corrected chi connectivity index (χ1v) is 7.09. The lowest BCUT2D eigenvalue weighted by Crippen LogP contribution is -2.43. The van der Waals surface area contributed by atoms with Crippen LogP contribution >= 0.6 is 0 Å². The lowest BCUT2D eigenvalue weighted by atomic mass is 9.74. The van der Waals surface area contributed by atoms with Gasteiger partial charge in [0.05, 0.1) is 11.9 Å². The Hall–Kier alpha value is -1.52. The minimum absolute atomic E-state index is 0.0123. The number of piperidine rings is 1. The fraction of sp³-hybridized carbons (Fsp3) is 0.714. The molecular weight excluding hydrogens is 240 g/mol. The van der Waals surface area contributed by atoms with E-state index in [1.807, 2.05) is 4.90 Å². The summed E-state index contributed by atoms with van der Waals surface area (Å²) in [6.07, 6.45) is 6.10. The highest BCUT2D eigenvalue weighted by atomic mass is 16.2. The Balaban J connectivity index is 2.08. The summed E-state index contributed by atoms with van der Waals surface area (Å²) < 4.78 is 1.57. The van der Waals surface area contributed by atoms with E-state index in [4.69, 9.17) is 5.73 Å². The summed E-state index contributed by atoms with van der Waals surface area (Å²) in [7, 11) is 1.76. The van der Waals surface area contributed by atoms with Gasteiger partial charge in [0.15, 0.2) is 0 Å². The van der Waals surface area contributed by atoms with Crippen LogP contribution in [0.2, 0.25) is 0 Å². The van der Waals surface area contributed by atoms with Gasteiger partial charge in [0.2, 0.25) is 0 Å². The molecule has 2 heterocycles. The van der Waals surface area contributed by atoms with Crippen molar-refractivity contribution >= 4 is 11.6 Å². The van der Waals surface area contributed by atoms with Crippen molar-refractivity contribution in [1.29, 1.82) is 0 Å². The molecule has 1 aromatic heterocycles. The molecular formula is C14H24N4O. The number of likely N-dealkylation sites (tertiary alicyclic amines) is 1. The summed E-state index contributed by atoms with van der Waals surface area (Å²) in [5.41, 5.74) is 7.23. The minimum atomic E-state index is 0.0123. The summed E-state index contributed by atoms with van der Waals surface area (Å²) in [5.74, 6) is 0.0123. The molecule has 0 radical (unpaired) electrons. The van der Waals surface area contributed by atoms with Crippen molar-refractivity contribution in [2.75, 3.05) is 18.8 Å². The molecule has 2 N–H and O–H groups in total. The molecule has 1 amide bonds. The Labute approximate surface area is 114 Å². The third-order valence-corrected chi connectivity index (χ3v) is 4.78. The number of nitrogens with zero attached hydrogens (tertiary/aromatic N) is 3. The maximum Gasteiger partial charge on any atom is 0.274 e. The largest absolute Gasteiger partial charge is 0.396 e. The van der Waals surface area contributed by atoms with Crippen LogP contribution in [0, 0.1) is 5.41 Å². The number of aromatic nitrogens is 2. The molecule has 0 spiro atoms. The molecule has 0 atom stereocenters. The molecule has 5 heteroatoms. The SMILES string of the molecule is CCC1(CC)CCN(C(=O)c2c(N)cnn2C)CC1. The van der Waals surface area contributed by atoms with Gasteiger partial charge in [-0.3, -0.25) is 9.48 Å². The quantitative estimate of drug-likeness (QED) is 0.908. The predicted octanol–water partition coefficient (Wildman–Crippen LogP) is 2.04. The number of hydrogen-bond acceptors (Lipinski definition) is 3. The standard InChI is InChI=1S/C14H24N4O/c1-4-14(5-2)6-8-18(9-7-14)13(19)12-11(15)10-16-17(12)3/h10H,4-9,15H2,1-3H3. The molecule has 0 aromatic carbocycles. The molecule has 1 saturated heterocycles. The number of aryl methyl sites for hydroxylation is 1. The fourth-order valence-electron chi connectivity index (χ4n) is 3.01. The van der Waals surface area contributed by atoms with E-state index in [0.717, 1.165) is 25.9 Å². The summed E-state index contributed by atoms with van der Waals surface area (Å²) in [6.45, 7) is 6.15. The number of nitrogen functional groups attached to an aromatic ring is 1. The van der Waals surface area contributed by atoms with Gasteiger partial charge in [-0.1, -0.05) is 26.7 Å². The van der Waals surface area contributed by atoms with E-state index in [1.54, 1.807) is 17.9 Å². The molecule has 2 rings (SSSR count). The number of carbonyl (C=O) groups excluding carboxylic acids is 1. The summed E-state index contributed by atoms with van der Waals surface area (Å²) in [5, 5.41) is 4.04. The predicted molar refractivity (Wildman–Crippen MR) is 75.8 cm³/mol. The van der Waals surface area contributed by atoms with Gasteiger partial charge in [-0.05, 0) is 18.3 Å². The van der Waals surface area contributed by atoms with E-state index in [0.29, 0.717) is 16.8 Å². The van der Waals surface area contributed by atoms with Crippen LogP contribution in [0.25, 0.3) is 0 Å². The molecule has 5 nitrogen and oxygen atoms in total. The first-order chi connectivity index (χ1) is 9.03. The minimum Gasteiger partial charge on any atom is -0.396 e. The van der Waals surface area contributed by atoms with Crippen LogP contribution in [0.4, 0.5) is 5.69 Å². The Morgan fingerprint density at radius 2 is 1.95 bits per heavy atom. The van der Waals surface area contributed by atoms with Gasteiger partial charge < -0.3 is 10.6 Å². The summed E-state index contributed by atoms with van der Waals surface area (Å²) in [4.78, 5) is 14.4. The van der Waals surface area contributed by atoms with E-state index < -0.39 is 0 Å². The molecule has 0 unspecified atom stereocenters. The van der Waals surface area contributed by atoms with E-state index >= 15 is 0 Å². The highest BCUT2D eigenvalue weighted by molar-refractivity contribution is 5.97. The fourth-order valence-corrected chi connectivity index (χ4v) is 3.01. The molecule has 1 aliphatic heterocycles. The second-order valence-electron chi connectivity index (χ2n) is 5.57. The Kier molecular flexibility index (Phi) is 3.83. The topological polar surface area (TPSA) is 64.2 Å².